The van der Waals surface area contributed by atoms with Crippen molar-refractivity contribution in [2.75, 3.05) is 12.3 Å². The molecule has 0 bridgehead atoms. The van der Waals surface area contributed by atoms with E-state index in [0.717, 1.165) is 5.82 Å². The minimum absolute atomic E-state index is 0.00509. The van der Waals surface area contributed by atoms with Crippen LogP contribution in [0.3, 0.4) is 0 Å². The maximum absolute atomic E-state index is 12.1. The summed E-state index contributed by atoms with van der Waals surface area (Å²) in [5.41, 5.74) is 6.13. The molecule has 0 radical (unpaired) electrons. The van der Waals surface area contributed by atoms with E-state index in [2.05, 4.69) is 19.8 Å². The van der Waals surface area contributed by atoms with Crippen LogP contribution < -0.4 is 10.5 Å². The summed E-state index contributed by atoms with van der Waals surface area (Å²) in [5.74, 6) is 0.726. The number of aryl methyl sites for hydroxylation is 1. The van der Waals surface area contributed by atoms with Gasteiger partial charge >= 0.3 is 0 Å². The van der Waals surface area contributed by atoms with Crippen LogP contribution in [0.15, 0.2) is 17.3 Å². The molecular formula is C10H16N6O2S. The smallest absolute Gasteiger partial charge is 0.246 e. The quantitative estimate of drug-likeness (QED) is 0.687. The van der Waals surface area contributed by atoms with Gasteiger partial charge < -0.3 is 10.7 Å². The zero-order valence-electron chi connectivity index (χ0n) is 10.7. The summed E-state index contributed by atoms with van der Waals surface area (Å²) < 4.78 is 28.2. The fraction of sp³-hybridized carbons (Fsp3) is 0.400. The Morgan fingerprint density at radius 2 is 2.26 bits per heavy atom. The van der Waals surface area contributed by atoms with Gasteiger partial charge in [-0.1, -0.05) is 0 Å². The Morgan fingerprint density at radius 1 is 1.53 bits per heavy atom. The number of anilines is 1. The van der Waals surface area contributed by atoms with Gasteiger partial charge in [0.05, 0.1) is 5.69 Å². The minimum Gasteiger partial charge on any atom is -0.381 e. The van der Waals surface area contributed by atoms with Crippen LogP contribution in [0, 0.1) is 6.92 Å². The number of imidazole rings is 1. The van der Waals surface area contributed by atoms with Gasteiger partial charge in [-0.05, 0) is 6.92 Å². The van der Waals surface area contributed by atoms with Crippen LogP contribution >= 0.6 is 0 Å². The maximum Gasteiger partial charge on any atom is 0.246 e. The van der Waals surface area contributed by atoms with E-state index < -0.39 is 10.0 Å². The van der Waals surface area contributed by atoms with Gasteiger partial charge in [-0.15, -0.1) is 0 Å². The van der Waals surface area contributed by atoms with Gasteiger partial charge in [0.1, 0.15) is 10.7 Å². The predicted molar refractivity (Wildman–Crippen MR) is 69.8 cm³/mol. The topological polar surface area (TPSA) is 119 Å². The number of aromatic amines is 1. The molecular weight excluding hydrogens is 268 g/mol. The highest BCUT2D eigenvalue weighted by atomic mass is 32.2. The molecule has 9 heteroatoms. The summed E-state index contributed by atoms with van der Waals surface area (Å²) >= 11 is 0. The Kier molecular flexibility index (Phi) is 3.58. The van der Waals surface area contributed by atoms with E-state index in [1.807, 2.05) is 0 Å². The van der Waals surface area contributed by atoms with Crippen molar-refractivity contribution in [3.63, 3.8) is 0 Å². The number of nitrogens with zero attached hydrogens (tertiary/aromatic N) is 3. The van der Waals surface area contributed by atoms with Crippen LogP contribution in [-0.4, -0.2) is 34.7 Å². The van der Waals surface area contributed by atoms with E-state index >= 15 is 0 Å². The summed E-state index contributed by atoms with van der Waals surface area (Å²) in [6.07, 6.45) is 3.78. The Bertz CT molecular complexity index is 659. The molecule has 0 aliphatic rings. The minimum atomic E-state index is -3.65. The largest absolute Gasteiger partial charge is 0.381 e. The van der Waals surface area contributed by atoms with Crippen molar-refractivity contribution >= 4 is 15.8 Å². The van der Waals surface area contributed by atoms with Crippen LogP contribution in [0.4, 0.5) is 5.82 Å². The Labute approximate surface area is 111 Å². The molecule has 0 amide bonds. The number of hydrogen-bond donors (Lipinski definition) is 3. The Morgan fingerprint density at radius 3 is 2.79 bits per heavy atom. The van der Waals surface area contributed by atoms with Crippen LogP contribution in [0.2, 0.25) is 0 Å². The van der Waals surface area contributed by atoms with Crippen molar-refractivity contribution in [1.29, 1.82) is 0 Å². The number of sulfonamides is 1. The lowest BCUT2D eigenvalue weighted by atomic mass is 10.4. The zero-order chi connectivity index (χ0) is 14.0. The second-order valence-electron chi connectivity index (χ2n) is 4.11. The third kappa shape index (κ3) is 2.76. The maximum atomic E-state index is 12.1. The normalized spacial score (nSPS) is 11.9. The highest BCUT2D eigenvalue weighted by molar-refractivity contribution is 7.89. The van der Waals surface area contributed by atoms with Crippen molar-refractivity contribution in [3.8, 4) is 0 Å². The highest BCUT2D eigenvalue weighted by Crippen LogP contribution is 2.20. The SMILES string of the molecule is Cc1c(S(=O)(=O)NCCc2ncc[nH]2)c(N)nn1C. The molecule has 0 unspecified atom stereocenters. The average Bonchev–Trinajstić information content (AvgIpc) is 2.88. The lowest BCUT2D eigenvalue weighted by molar-refractivity contribution is 0.580. The first kappa shape index (κ1) is 13.6. The molecule has 0 saturated heterocycles. The number of hydrogen-bond acceptors (Lipinski definition) is 5. The number of nitrogens with two attached hydrogens (primary N) is 1. The van der Waals surface area contributed by atoms with Crippen molar-refractivity contribution < 1.29 is 8.42 Å². The van der Waals surface area contributed by atoms with Crippen LogP contribution in [-0.2, 0) is 23.5 Å². The molecule has 0 aliphatic heterocycles. The Balaban J connectivity index is 2.10. The molecule has 2 aromatic heterocycles. The number of nitrogen functional groups attached to an aromatic ring is 1. The van der Waals surface area contributed by atoms with Gasteiger partial charge in [0.25, 0.3) is 0 Å². The fourth-order valence-corrected chi connectivity index (χ4v) is 3.11. The number of aromatic nitrogens is 4. The van der Waals surface area contributed by atoms with Gasteiger partial charge in [0.15, 0.2) is 5.82 Å². The third-order valence-corrected chi connectivity index (χ3v) is 4.41. The van der Waals surface area contributed by atoms with Gasteiger partial charge in [0, 0.05) is 32.4 Å². The van der Waals surface area contributed by atoms with E-state index in [4.69, 9.17) is 5.73 Å². The average molecular weight is 284 g/mol. The first-order valence-electron chi connectivity index (χ1n) is 5.69. The van der Waals surface area contributed by atoms with E-state index in [-0.39, 0.29) is 17.3 Å². The molecule has 0 fully saturated rings. The lowest BCUT2D eigenvalue weighted by Crippen LogP contribution is -2.27. The third-order valence-electron chi connectivity index (χ3n) is 2.78. The number of H-pyrrole nitrogens is 1. The van der Waals surface area contributed by atoms with Crippen molar-refractivity contribution in [2.24, 2.45) is 7.05 Å². The van der Waals surface area contributed by atoms with E-state index in [1.165, 1.54) is 4.68 Å². The van der Waals surface area contributed by atoms with Crippen molar-refractivity contribution in [2.45, 2.75) is 18.2 Å². The van der Waals surface area contributed by atoms with Crippen LogP contribution in [0.5, 0.6) is 0 Å². The van der Waals surface area contributed by atoms with Gasteiger partial charge in [-0.3, -0.25) is 4.68 Å². The van der Waals surface area contributed by atoms with Gasteiger partial charge in [-0.2, -0.15) is 5.10 Å². The van der Waals surface area contributed by atoms with E-state index in [0.29, 0.717) is 12.1 Å². The number of nitrogens with one attached hydrogen (secondary N) is 2. The first-order chi connectivity index (χ1) is 8.92. The molecule has 2 aromatic rings. The lowest BCUT2D eigenvalue weighted by Gasteiger charge is -2.06. The summed E-state index contributed by atoms with van der Waals surface area (Å²) in [6, 6.07) is 0. The molecule has 4 N–H and O–H groups in total. The van der Waals surface area contributed by atoms with Crippen molar-refractivity contribution in [3.05, 3.63) is 23.9 Å². The molecule has 2 rings (SSSR count). The molecule has 8 nitrogen and oxygen atoms in total. The van der Waals surface area contributed by atoms with E-state index in [1.54, 1.807) is 26.4 Å². The second-order valence-corrected chi connectivity index (χ2v) is 5.81. The summed E-state index contributed by atoms with van der Waals surface area (Å²) in [4.78, 5) is 6.96. The molecule has 104 valence electrons. The molecule has 0 aliphatic carbocycles. The molecule has 0 saturated carbocycles. The van der Waals surface area contributed by atoms with Crippen molar-refractivity contribution in [1.82, 2.24) is 24.5 Å². The molecule has 19 heavy (non-hydrogen) atoms. The summed E-state index contributed by atoms with van der Waals surface area (Å²) in [6.45, 7) is 1.90. The second kappa shape index (κ2) is 5.02. The summed E-state index contributed by atoms with van der Waals surface area (Å²) in [5, 5.41) is 3.89. The first-order valence-corrected chi connectivity index (χ1v) is 7.17. The van der Waals surface area contributed by atoms with Crippen LogP contribution in [0.1, 0.15) is 11.5 Å². The molecule has 0 atom stereocenters. The van der Waals surface area contributed by atoms with Gasteiger partial charge in [-0.25, -0.2) is 18.1 Å². The highest BCUT2D eigenvalue weighted by Gasteiger charge is 2.24. The molecule has 2 heterocycles. The monoisotopic (exact) mass is 284 g/mol. The zero-order valence-corrected chi connectivity index (χ0v) is 11.5. The predicted octanol–water partition coefficient (Wildman–Crippen LogP) is -0.445. The summed E-state index contributed by atoms with van der Waals surface area (Å²) in [7, 11) is -2.01. The Hall–Kier alpha value is -1.87. The van der Waals surface area contributed by atoms with Gasteiger partial charge in [0.2, 0.25) is 10.0 Å². The number of rotatable bonds is 5. The molecule has 0 aromatic carbocycles. The molecule has 0 spiro atoms. The van der Waals surface area contributed by atoms with Crippen LogP contribution in [0.25, 0.3) is 0 Å². The standard InChI is InChI=1S/C10H16N6O2S/c1-7-9(10(11)15-16(7)2)19(17,18)14-4-3-8-12-5-6-13-8/h5-6,14H,3-4H2,1-2H3,(H2,11,15)(H,12,13). The fourth-order valence-electron chi connectivity index (χ4n) is 1.76. The van der Waals surface area contributed by atoms with E-state index in [9.17, 15) is 8.42 Å².